The van der Waals surface area contributed by atoms with Crippen molar-refractivity contribution in [3.63, 3.8) is 0 Å². The first kappa shape index (κ1) is 25.2. The lowest BCUT2D eigenvalue weighted by Gasteiger charge is -2.14. The summed E-state index contributed by atoms with van der Waals surface area (Å²) < 4.78 is 5.48. The van der Waals surface area contributed by atoms with Crippen molar-refractivity contribution in [2.75, 3.05) is 19.7 Å². The number of unbranched alkanes of at least 4 members (excludes halogenated alkanes) is 1. The molecule has 0 bridgehead atoms. The maximum absolute atomic E-state index is 7.56. The van der Waals surface area contributed by atoms with Crippen LogP contribution in [0.2, 0.25) is 0 Å². The maximum Gasteiger partial charge on any atom is 0.231 e. The van der Waals surface area contributed by atoms with Crippen molar-refractivity contribution < 1.29 is 9.36 Å². The smallest absolute Gasteiger partial charge is 0.231 e. The lowest BCUT2D eigenvalue weighted by atomic mass is 10.1. The average Bonchev–Trinajstić information content (AvgIpc) is 3.52. The third kappa shape index (κ3) is 6.57. The van der Waals surface area contributed by atoms with Gasteiger partial charge in [0.25, 0.3) is 0 Å². The van der Waals surface area contributed by atoms with Gasteiger partial charge in [-0.25, -0.2) is 0 Å². The van der Waals surface area contributed by atoms with Crippen LogP contribution in [0.25, 0.3) is 11.4 Å². The van der Waals surface area contributed by atoms with Crippen LogP contribution in [-0.4, -0.2) is 46.4 Å². The number of likely N-dealkylation sites (tertiary alicyclic amines) is 1. The highest BCUT2D eigenvalue weighted by Crippen LogP contribution is 2.27. The summed E-state index contributed by atoms with van der Waals surface area (Å²) in [6.45, 7) is 3.92. The molecule has 3 N–H and O–H groups in total. The lowest BCUT2D eigenvalue weighted by molar-refractivity contribution is 0.140. The van der Waals surface area contributed by atoms with Gasteiger partial charge in [-0.2, -0.15) is 4.98 Å². The molecule has 0 amide bonds. The van der Waals surface area contributed by atoms with Gasteiger partial charge >= 0.3 is 0 Å². The van der Waals surface area contributed by atoms with E-state index >= 15 is 0 Å². The Hall–Kier alpha value is -3.39. The molecular formula is C25H31ClN6O2. The van der Waals surface area contributed by atoms with E-state index in [4.69, 9.17) is 20.5 Å². The van der Waals surface area contributed by atoms with E-state index in [0.29, 0.717) is 24.9 Å². The second-order valence-corrected chi connectivity index (χ2v) is 8.30. The molecule has 0 radical (unpaired) electrons. The molecule has 1 aromatic heterocycles. The molecule has 3 aromatic rings. The van der Waals surface area contributed by atoms with Gasteiger partial charge in [0.1, 0.15) is 6.61 Å². The number of nitrogens with one attached hydrogen (secondary N) is 1. The predicted molar refractivity (Wildman–Crippen MR) is 135 cm³/mol. The lowest BCUT2D eigenvalue weighted by Crippen LogP contribution is -2.34. The number of aromatic nitrogens is 2. The Labute approximate surface area is 206 Å². The highest BCUT2D eigenvalue weighted by Gasteiger charge is 2.29. The number of benzene rings is 2. The number of halogens is 1. The zero-order chi connectivity index (χ0) is 23.0. The number of nitrogens with zero attached hydrogens (tertiary/aromatic N) is 4. The number of guanidine groups is 1. The van der Waals surface area contributed by atoms with Crippen LogP contribution in [0.15, 0.2) is 64.3 Å². The van der Waals surface area contributed by atoms with E-state index in [1.54, 1.807) is 0 Å². The highest BCUT2D eigenvalue weighted by atomic mass is 35.5. The maximum atomic E-state index is 7.56. The molecule has 1 aliphatic heterocycles. The third-order valence-corrected chi connectivity index (χ3v) is 5.88. The van der Waals surface area contributed by atoms with Crippen molar-refractivity contribution in [2.45, 2.75) is 38.5 Å². The molecule has 180 valence electrons. The summed E-state index contributed by atoms with van der Waals surface area (Å²) in [5, 5.41) is 15.9. The van der Waals surface area contributed by atoms with Crippen LogP contribution in [0.3, 0.4) is 0 Å². The van der Waals surface area contributed by atoms with Gasteiger partial charge in [0, 0.05) is 18.7 Å². The zero-order valence-corrected chi connectivity index (χ0v) is 20.1. The molecule has 2 heterocycles. The van der Waals surface area contributed by atoms with Gasteiger partial charge in [-0.1, -0.05) is 64.9 Å². The van der Waals surface area contributed by atoms with Gasteiger partial charge in [0.2, 0.25) is 11.7 Å². The van der Waals surface area contributed by atoms with Gasteiger partial charge in [-0.05, 0) is 43.7 Å². The quantitative estimate of drug-likeness (QED) is 0.199. The summed E-state index contributed by atoms with van der Waals surface area (Å²) >= 11 is 0. The van der Waals surface area contributed by atoms with Gasteiger partial charge in [0.15, 0.2) is 5.96 Å². The van der Waals surface area contributed by atoms with Crippen LogP contribution in [-0.2, 0) is 11.3 Å². The molecule has 1 aliphatic rings. The normalized spacial score (nSPS) is 15.7. The third-order valence-electron chi connectivity index (χ3n) is 5.88. The number of aryl methyl sites for hydroxylation is 1. The first-order valence-corrected chi connectivity index (χ1v) is 11.3. The number of rotatable bonds is 9. The minimum atomic E-state index is 0. The molecule has 4 rings (SSSR count). The zero-order valence-electron chi connectivity index (χ0n) is 19.3. The van der Waals surface area contributed by atoms with E-state index in [-0.39, 0.29) is 24.3 Å². The van der Waals surface area contributed by atoms with Gasteiger partial charge in [-0.15, -0.1) is 12.4 Å². The van der Waals surface area contributed by atoms with E-state index in [1.165, 1.54) is 5.56 Å². The van der Waals surface area contributed by atoms with Crippen molar-refractivity contribution in [1.29, 1.82) is 5.41 Å². The largest absolute Gasteiger partial charge is 0.396 e. The molecule has 34 heavy (non-hydrogen) atoms. The van der Waals surface area contributed by atoms with Crippen LogP contribution in [0.4, 0.5) is 0 Å². The van der Waals surface area contributed by atoms with Crippen LogP contribution >= 0.6 is 12.4 Å². The van der Waals surface area contributed by atoms with Crippen molar-refractivity contribution in [3.05, 3.63) is 71.6 Å². The molecule has 0 spiro atoms. The summed E-state index contributed by atoms with van der Waals surface area (Å²) in [6.07, 6.45) is 3.95. The summed E-state index contributed by atoms with van der Waals surface area (Å²) in [5.74, 6) is 1.34. The van der Waals surface area contributed by atoms with Crippen LogP contribution in [0.5, 0.6) is 0 Å². The summed E-state index contributed by atoms with van der Waals surface area (Å²) in [7, 11) is 0. The molecule has 0 aliphatic carbocycles. The van der Waals surface area contributed by atoms with Gasteiger partial charge in [-0.3, -0.25) is 5.41 Å². The monoisotopic (exact) mass is 482 g/mol. The standard InChI is InChI=1S/C25H30N6O2.ClH/c1-18(29-32-16-6-5-9-19-7-3-2-4-8-19)20-10-12-21(13-11-20)23-28-24(33-30-23)22-14-15-31(17-22)25(26)27;/h2-4,7-8,10-13,22H,5-6,9,14-17H2,1H3,(H3,26,27);1H/b29-18+;/t22-;/m1./s1. The number of hydrogen-bond acceptors (Lipinski definition) is 6. The minimum absolute atomic E-state index is 0. The van der Waals surface area contributed by atoms with Crippen LogP contribution in [0.1, 0.15) is 49.1 Å². The predicted octanol–water partition coefficient (Wildman–Crippen LogP) is 4.60. The van der Waals surface area contributed by atoms with Crippen molar-refractivity contribution in [3.8, 4) is 11.4 Å². The SMILES string of the molecule is C/C(=N\OCCCCc1ccccc1)c1ccc(-c2noc([C@@H]3CCN(C(=N)N)C3)n2)cc1.Cl. The summed E-state index contributed by atoms with van der Waals surface area (Å²) in [6, 6.07) is 18.4. The first-order valence-electron chi connectivity index (χ1n) is 11.3. The number of hydrogen-bond donors (Lipinski definition) is 2. The van der Waals surface area contributed by atoms with E-state index in [9.17, 15) is 0 Å². The van der Waals surface area contributed by atoms with Gasteiger partial charge in [0.05, 0.1) is 11.6 Å². The molecule has 8 nitrogen and oxygen atoms in total. The minimum Gasteiger partial charge on any atom is -0.396 e. The molecule has 1 fully saturated rings. The molecule has 0 saturated carbocycles. The van der Waals surface area contributed by atoms with Crippen molar-refractivity contribution >= 4 is 24.1 Å². The Morgan fingerprint density at radius 1 is 1.18 bits per heavy atom. The van der Waals surface area contributed by atoms with E-state index in [2.05, 4.69) is 39.6 Å². The number of oxime groups is 1. The Morgan fingerprint density at radius 2 is 1.94 bits per heavy atom. The fourth-order valence-corrected chi connectivity index (χ4v) is 3.90. The fraction of sp³-hybridized carbons (Fsp3) is 0.360. The average molecular weight is 483 g/mol. The highest BCUT2D eigenvalue weighted by molar-refractivity contribution is 5.98. The van der Waals surface area contributed by atoms with Crippen LogP contribution < -0.4 is 5.73 Å². The molecule has 2 aromatic carbocycles. The summed E-state index contributed by atoms with van der Waals surface area (Å²) in [4.78, 5) is 11.9. The van der Waals surface area contributed by atoms with Gasteiger partial charge < -0.3 is 20.0 Å². The second-order valence-electron chi connectivity index (χ2n) is 8.30. The fourth-order valence-electron chi connectivity index (χ4n) is 3.90. The van der Waals surface area contributed by atoms with E-state index in [1.807, 2.05) is 42.2 Å². The Balaban J connectivity index is 0.00000324. The first-order chi connectivity index (χ1) is 16.1. The second kappa shape index (κ2) is 12.2. The van der Waals surface area contributed by atoms with Crippen molar-refractivity contribution in [1.82, 2.24) is 15.0 Å². The molecule has 9 heteroatoms. The molecule has 0 unspecified atom stereocenters. The van der Waals surface area contributed by atoms with E-state index < -0.39 is 0 Å². The molecular weight excluding hydrogens is 452 g/mol. The van der Waals surface area contributed by atoms with Crippen molar-refractivity contribution in [2.24, 2.45) is 10.9 Å². The number of nitrogens with two attached hydrogens (primary N) is 1. The summed E-state index contributed by atoms with van der Waals surface area (Å²) in [5.41, 5.74) is 9.62. The van der Waals surface area contributed by atoms with E-state index in [0.717, 1.165) is 49.1 Å². The Morgan fingerprint density at radius 3 is 2.65 bits per heavy atom. The Kier molecular flexibility index (Phi) is 9.04. The van der Waals surface area contributed by atoms with Crippen LogP contribution in [0, 0.1) is 5.41 Å². The topological polar surface area (TPSA) is 114 Å². The molecule has 1 saturated heterocycles. The molecule has 1 atom stereocenters. The Bertz CT molecular complexity index is 1080.